The Hall–Kier alpha value is -1.06. The summed E-state index contributed by atoms with van der Waals surface area (Å²) in [7, 11) is 0. The lowest BCUT2D eigenvalue weighted by Crippen LogP contribution is -2.02. The Kier molecular flexibility index (Phi) is 5.06. The largest absolute Gasteiger partial charge is 0.494 e. The molecule has 0 amide bonds. The van der Waals surface area contributed by atoms with Crippen LogP contribution in [0.1, 0.15) is 29.0 Å². The highest BCUT2D eigenvalue weighted by molar-refractivity contribution is 9.10. The second-order valence-electron chi connectivity index (χ2n) is 4.48. The zero-order chi connectivity index (χ0) is 14.7. The lowest BCUT2D eigenvalue weighted by atomic mass is 9.99. The predicted molar refractivity (Wildman–Crippen MR) is 84.1 cm³/mol. The molecule has 1 unspecified atom stereocenters. The van der Waals surface area contributed by atoms with Crippen molar-refractivity contribution in [2.75, 3.05) is 6.61 Å². The van der Waals surface area contributed by atoms with Gasteiger partial charge in [-0.1, -0.05) is 22.0 Å². The van der Waals surface area contributed by atoms with Crippen molar-refractivity contribution in [2.45, 2.75) is 19.2 Å². The van der Waals surface area contributed by atoms with E-state index in [-0.39, 0.29) is 5.82 Å². The Bertz CT molecular complexity index is 615. The van der Waals surface area contributed by atoms with Gasteiger partial charge in [-0.25, -0.2) is 4.39 Å². The fourth-order valence-electron chi connectivity index (χ4n) is 2.06. The summed E-state index contributed by atoms with van der Waals surface area (Å²) < 4.78 is 20.0. The van der Waals surface area contributed by atoms with Crippen molar-refractivity contribution in [3.8, 4) is 5.75 Å². The second kappa shape index (κ2) is 6.59. The van der Waals surface area contributed by atoms with Crippen molar-refractivity contribution in [3.63, 3.8) is 0 Å². The summed E-state index contributed by atoms with van der Waals surface area (Å²) in [5, 5.41) is -0.454. The van der Waals surface area contributed by atoms with Gasteiger partial charge in [0.25, 0.3) is 0 Å². The van der Waals surface area contributed by atoms with E-state index in [1.165, 1.54) is 12.1 Å². The monoisotopic (exact) mass is 356 g/mol. The minimum absolute atomic E-state index is 0.288. The molecule has 0 aromatic heterocycles. The van der Waals surface area contributed by atoms with Crippen LogP contribution in [0.15, 0.2) is 40.9 Å². The number of alkyl halides is 1. The van der Waals surface area contributed by atoms with Crippen LogP contribution in [0, 0.1) is 12.7 Å². The summed E-state index contributed by atoms with van der Waals surface area (Å²) in [6.07, 6.45) is 0. The van der Waals surface area contributed by atoms with Gasteiger partial charge in [0.05, 0.1) is 12.0 Å². The van der Waals surface area contributed by atoms with Crippen LogP contribution < -0.4 is 4.74 Å². The molecule has 0 saturated carbocycles. The van der Waals surface area contributed by atoms with Crippen LogP contribution in [0.25, 0.3) is 0 Å². The minimum Gasteiger partial charge on any atom is -0.494 e. The number of ether oxygens (including phenoxy) is 1. The first-order valence-corrected chi connectivity index (χ1v) is 7.58. The first-order chi connectivity index (χ1) is 9.52. The lowest BCUT2D eigenvalue weighted by molar-refractivity contribution is 0.337. The Morgan fingerprint density at radius 3 is 2.65 bits per heavy atom. The molecule has 0 fully saturated rings. The van der Waals surface area contributed by atoms with E-state index in [4.69, 9.17) is 16.3 Å². The summed E-state index contributed by atoms with van der Waals surface area (Å²) >= 11 is 9.99. The summed E-state index contributed by atoms with van der Waals surface area (Å²) in [6.45, 7) is 4.39. The van der Waals surface area contributed by atoms with Gasteiger partial charge in [0.2, 0.25) is 0 Å². The number of hydrogen-bond donors (Lipinski definition) is 0. The quantitative estimate of drug-likeness (QED) is 0.645. The van der Waals surface area contributed by atoms with Crippen LogP contribution in [-0.4, -0.2) is 6.61 Å². The number of rotatable bonds is 4. The highest BCUT2D eigenvalue weighted by Gasteiger charge is 2.18. The third-order valence-electron chi connectivity index (χ3n) is 3.06. The molecular formula is C16H15BrClFO. The standard InChI is InChI=1S/C16H15BrClFO/c1-3-20-15-7-5-11(17)8-14(15)16(18)13-9-12(19)6-4-10(13)2/h4-9,16H,3H2,1-2H3. The van der Waals surface area contributed by atoms with Gasteiger partial charge in [0.1, 0.15) is 11.6 Å². The predicted octanol–water partition coefficient (Wildman–Crippen LogP) is 5.62. The van der Waals surface area contributed by atoms with Crippen molar-refractivity contribution in [1.82, 2.24) is 0 Å². The van der Waals surface area contributed by atoms with Gasteiger partial charge in [-0.3, -0.25) is 0 Å². The summed E-state index contributed by atoms with van der Waals surface area (Å²) in [5.41, 5.74) is 2.54. The van der Waals surface area contributed by atoms with Gasteiger partial charge in [-0.15, -0.1) is 11.6 Å². The zero-order valence-corrected chi connectivity index (χ0v) is 13.6. The number of halogens is 3. The molecule has 0 aliphatic carbocycles. The first-order valence-electron chi connectivity index (χ1n) is 6.35. The van der Waals surface area contributed by atoms with E-state index in [1.807, 2.05) is 32.0 Å². The zero-order valence-electron chi connectivity index (χ0n) is 11.3. The molecule has 0 N–H and O–H groups in total. The van der Waals surface area contributed by atoms with E-state index in [9.17, 15) is 4.39 Å². The fraction of sp³-hybridized carbons (Fsp3) is 0.250. The van der Waals surface area contributed by atoms with Gasteiger partial charge in [0.15, 0.2) is 0 Å². The molecule has 0 aliphatic rings. The maximum Gasteiger partial charge on any atom is 0.124 e. The molecule has 4 heteroatoms. The molecule has 0 aliphatic heterocycles. The molecule has 1 nitrogen and oxygen atoms in total. The van der Waals surface area contributed by atoms with Crippen molar-refractivity contribution in [2.24, 2.45) is 0 Å². The van der Waals surface area contributed by atoms with Crippen LogP contribution >= 0.6 is 27.5 Å². The van der Waals surface area contributed by atoms with E-state index in [2.05, 4.69) is 15.9 Å². The molecule has 0 radical (unpaired) electrons. The number of aryl methyl sites for hydroxylation is 1. The van der Waals surface area contributed by atoms with E-state index >= 15 is 0 Å². The van der Waals surface area contributed by atoms with Crippen molar-refractivity contribution >= 4 is 27.5 Å². The molecule has 0 saturated heterocycles. The summed E-state index contributed by atoms with van der Waals surface area (Å²) in [6, 6.07) is 10.3. The SMILES string of the molecule is CCOc1ccc(Br)cc1C(Cl)c1cc(F)ccc1C. The van der Waals surface area contributed by atoms with E-state index in [0.717, 1.165) is 26.9 Å². The highest BCUT2D eigenvalue weighted by Crippen LogP contribution is 2.38. The molecule has 2 aromatic carbocycles. The summed E-state index contributed by atoms with van der Waals surface area (Å²) in [5.74, 6) is 0.434. The Morgan fingerprint density at radius 1 is 1.20 bits per heavy atom. The fourth-order valence-corrected chi connectivity index (χ4v) is 2.84. The molecular weight excluding hydrogens is 343 g/mol. The van der Waals surface area contributed by atoms with Gasteiger partial charge in [0, 0.05) is 10.0 Å². The highest BCUT2D eigenvalue weighted by atomic mass is 79.9. The van der Waals surface area contributed by atoms with Gasteiger partial charge < -0.3 is 4.74 Å². The maximum absolute atomic E-state index is 13.5. The van der Waals surface area contributed by atoms with Crippen LogP contribution in [0.5, 0.6) is 5.75 Å². The van der Waals surface area contributed by atoms with E-state index in [0.29, 0.717) is 6.61 Å². The summed E-state index contributed by atoms with van der Waals surface area (Å²) in [4.78, 5) is 0. The minimum atomic E-state index is -0.454. The Morgan fingerprint density at radius 2 is 1.95 bits per heavy atom. The number of hydrogen-bond acceptors (Lipinski definition) is 1. The molecule has 2 rings (SSSR count). The molecule has 1 atom stereocenters. The number of benzene rings is 2. The van der Waals surface area contributed by atoms with Crippen molar-refractivity contribution in [3.05, 3.63) is 63.4 Å². The van der Waals surface area contributed by atoms with E-state index < -0.39 is 5.38 Å². The van der Waals surface area contributed by atoms with E-state index in [1.54, 1.807) is 6.07 Å². The van der Waals surface area contributed by atoms with Crippen molar-refractivity contribution < 1.29 is 9.13 Å². The van der Waals surface area contributed by atoms with Gasteiger partial charge in [-0.05, 0) is 55.3 Å². The molecule has 20 heavy (non-hydrogen) atoms. The van der Waals surface area contributed by atoms with Crippen LogP contribution in [0.2, 0.25) is 0 Å². The second-order valence-corrected chi connectivity index (χ2v) is 5.83. The van der Waals surface area contributed by atoms with Crippen LogP contribution in [0.3, 0.4) is 0 Å². The lowest BCUT2D eigenvalue weighted by Gasteiger charge is -2.17. The Labute approximate surface area is 131 Å². The van der Waals surface area contributed by atoms with Crippen molar-refractivity contribution in [1.29, 1.82) is 0 Å². The topological polar surface area (TPSA) is 9.23 Å². The molecule has 0 spiro atoms. The smallest absolute Gasteiger partial charge is 0.124 e. The average molecular weight is 358 g/mol. The molecule has 106 valence electrons. The third-order valence-corrected chi connectivity index (χ3v) is 4.02. The molecule has 0 bridgehead atoms. The Balaban J connectivity index is 2.49. The first kappa shape index (κ1) is 15.3. The average Bonchev–Trinajstić information content (AvgIpc) is 2.43. The normalized spacial score (nSPS) is 12.2. The van der Waals surface area contributed by atoms with Crippen LogP contribution in [0.4, 0.5) is 4.39 Å². The maximum atomic E-state index is 13.5. The molecule has 2 aromatic rings. The van der Waals surface area contributed by atoms with Gasteiger partial charge >= 0.3 is 0 Å². The third kappa shape index (κ3) is 3.33. The molecule has 0 heterocycles. The van der Waals surface area contributed by atoms with Gasteiger partial charge in [-0.2, -0.15) is 0 Å². The van der Waals surface area contributed by atoms with Crippen LogP contribution in [-0.2, 0) is 0 Å².